The number of unbranched alkanes of at least 4 members (excludes halogenated alkanes) is 1. The summed E-state index contributed by atoms with van der Waals surface area (Å²) in [5.74, 6) is -9.07. The number of benzene rings is 1. The number of ether oxygens (including phenoxy) is 1. The van der Waals surface area contributed by atoms with Crippen LogP contribution in [-0.2, 0) is 9.59 Å². The Morgan fingerprint density at radius 1 is 1.10 bits per heavy atom. The lowest BCUT2D eigenvalue weighted by atomic mass is 10.0. The number of halogens is 5. The van der Waals surface area contributed by atoms with Crippen LogP contribution < -0.4 is 15.8 Å². The maximum absolute atomic E-state index is 13.7. The number of ketones is 1. The van der Waals surface area contributed by atoms with Gasteiger partial charge in [0.05, 0.1) is 6.04 Å². The average Bonchev–Trinajstić information content (AvgIpc) is 3.20. The molecule has 0 saturated heterocycles. The normalized spacial score (nSPS) is 14.9. The quantitative estimate of drug-likeness (QED) is 0.332. The molecule has 1 saturated carbocycles. The highest BCUT2D eigenvalue weighted by Gasteiger charge is 2.28. The van der Waals surface area contributed by atoms with Gasteiger partial charge in [-0.3, -0.25) is 9.59 Å². The summed E-state index contributed by atoms with van der Waals surface area (Å²) in [7, 11) is 0. The molecule has 0 bridgehead atoms. The second-order valence-electron chi connectivity index (χ2n) is 6.88. The van der Waals surface area contributed by atoms with Gasteiger partial charge in [0.2, 0.25) is 17.5 Å². The number of amides is 1. The zero-order valence-corrected chi connectivity index (χ0v) is 16.6. The lowest BCUT2D eigenvalue weighted by molar-refractivity contribution is -0.131. The van der Waals surface area contributed by atoms with Gasteiger partial charge >= 0.3 is 0 Å². The molecule has 5 nitrogen and oxygen atoms in total. The van der Waals surface area contributed by atoms with E-state index in [1.54, 1.807) is 0 Å². The molecule has 0 heterocycles. The van der Waals surface area contributed by atoms with Crippen LogP contribution in [0.4, 0.5) is 17.6 Å². The molecule has 3 N–H and O–H groups in total. The fourth-order valence-electron chi connectivity index (χ4n) is 3.21. The van der Waals surface area contributed by atoms with Crippen LogP contribution in [0.2, 0.25) is 0 Å². The number of Topliss-reactive ketones (excluding diaryl/α,β-unsaturated/α-hetero) is 1. The van der Waals surface area contributed by atoms with Crippen molar-refractivity contribution in [3.8, 4) is 5.75 Å². The van der Waals surface area contributed by atoms with Gasteiger partial charge in [0.15, 0.2) is 23.2 Å². The maximum Gasteiger partial charge on any atom is 0.223 e. The second-order valence-corrected chi connectivity index (χ2v) is 6.88. The minimum atomic E-state index is -1.72. The third-order valence-electron chi connectivity index (χ3n) is 4.81. The number of carbonyl (C=O) groups is 2. The summed E-state index contributed by atoms with van der Waals surface area (Å²) in [5.41, 5.74) is 5.44. The SMILES string of the molecule is Cl.NCCCC[C@H](NC(=O)C1CCCC1)C(=O)COc1c(F)c(F)cc(F)c1F. The Morgan fingerprint density at radius 2 is 1.69 bits per heavy atom. The molecule has 0 aromatic heterocycles. The first-order chi connectivity index (χ1) is 13.3. The van der Waals surface area contributed by atoms with Gasteiger partial charge in [-0.25, -0.2) is 8.78 Å². The van der Waals surface area contributed by atoms with Crippen LogP contribution in [0.25, 0.3) is 0 Å². The van der Waals surface area contributed by atoms with E-state index < -0.39 is 47.5 Å². The molecule has 1 aliphatic rings. The third-order valence-corrected chi connectivity index (χ3v) is 4.81. The van der Waals surface area contributed by atoms with Crippen molar-refractivity contribution in [2.75, 3.05) is 13.2 Å². The summed E-state index contributed by atoms with van der Waals surface area (Å²) in [5, 5.41) is 2.66. The number of nitrogens with one attached hydrogen (secondary N) is 1. The standard InChI is InChI=1S/C19H24F4N2O3.ClH/c20-12-9-13(21)17(23)18(16(12)22)28-10-15(26)14(7-3-4-8-24)25-19(27)11-5-1-2-6-11;/h9,11,14H,1-8,10,24H2,(H,25,27);1H/t14-;/m0./s1. The van der Waals surface area contributed by atoms with Gasteiger partial charge < -0.3 is 15.8 Å². The van der Waals surface area contributed by atoms with E-state index in [-0.39, 0.29) is 36.7 Å². The van der Waals surface area contributed by atoms with Gasteiger partial charge in [0.1, 0.15) is 6.61 Å². The first-order valence-corrected chi connectivity index (χ1v) is 9.34. The molecule has 1 atom stereocenters. The number of carbonyl (C=O) groups excluding carboxylic acids is 2. The van der Waals surface area contributed by atoms with Gasteiger partial charge in [-0.1, -0.05) is 12.8 Å². The molecule has 1 amide bonds. The smallest absolute Gasteiger partial charge is 0.223 e. The van der Waals surface area contributed by atoms with Crippen LogP contribution in [0.3, 0.4) is 0 Å². The van der Waals surface area contributed by atoms with Crippen molar-refractivity contribution in [2.45, 2.75) is 51.0 Å². The topological polar surface area (TPSA) is 81.4 Å². The highest BCUT2D eigenvalue weighted by atomic mass is 35.5. The van der Waals surface area contributed by atoms with Crippen LogP contribution in [0, 0.1) is 29.2 Å². The molecule has 29 heavy (non-hydrogen) atoms. The van der Waals surface area contributed by atoms with Crippen LogP contribution in [0.15, 0.2) is 6.07 Å². The fourth-order valence-corrected chi connectivity index (χ4v) is 3.21. The minimum Gasteiger partial charge on any atom is -0.479 e. The van der Waals surface area contributed by atoms with Crippen LogP contribution in [-0.4, -0.2) is 30.9 Å². The summed E-state index contributed by atoms with van der Waals surface area (Å²) in [6.07, 6.45) is 4.82. The van der Waals surface area contributed by atoms with E-state index in [1.165, 1.54) is 0 Å². The Hall–Kier alpha value is -1.87. The van der Waals surface area contributed by atoms with Gasteiger partial charge in [0, 0.05) is 12.0 Å². The molecule has 1 fully saturated rings. The molecule has 10 heteroatoms. The van der Waals surface area contributed by atoms with Crippen molar-refractivity contribution in [1.82, 2.24) is 5.32 Å². The Balaban J connectivity index is 0.00000420. The molecule has 2 rings (SSSR count). The predicted molar refractivity (Wildman–Crippen MR) is 101 cm³/mol. The first kappa shape index (κ1) is 25.2. The number of nitrogens with two attached hydrogens (primary N) is 1. The molecule has 0 radical (unpaired) electrons. The highest BCUT2D eigenvalue weighted by Crippen LogP contribution is 2.27. The number of rotatable bonds is 10. The molecule has 1 aromatic rings. The predicted octanol–water partition coefficient (Wildman–Crippen LogP) is 3.42. The summed E-state index contributed by atoms with van der Waals surface area (Å²) in [4.78, 5) is 24.8. The van der Waals surface area contributed by atoms with Crippen molar-refractivity contribution in [3.63, 3.8) is 0 Å². The average molecular weight is 441 g/mol. The second kappa shape index (κ2) is 12.0. The Labute approximate surface area is 172 Å². The van der Waals surface area contributed by atoms with E-state index >= 15 is 0 Å². The van der Waals surface area contributed by atoms with E-state index in [1.807, 2.05) is 0 Å². The molecule has 1 aromatic carbocycles. The summed E-state index contributed by atoms with van der Waals surface area (Å²) >= 11 is 0. The van der Waals surface area contributed by atoms with E-state index in [0.29, 0.717) is 19.4 Å². The Kier molecular flexibility index (Phi) is 10.4. The van der Waals surface area contributed by atoms with Crippen LogP contribution in [0.1, 0.15) is 44.9 Å². The lowest BCUT2D eigenvalue weighted by Gasteiger charge is -2.20. The zero-order valence-electron chi connectivity index (χ0n) is 15.8. The summed E-state index contributed by atoms with van der Waals surface area (Å²) < 4.78 is 58.5. The molecule has 1 aliphatic carbocycles. The van der Waals surface area contributed by atoms with Gasteiger partial charge in [-0.2, -0.15) is 8.78 Å². The van der Waals surface area contributed by atoms with Crippen molar-refractivity contribution < 1.29 is 31.9 Å². The van der Waals surface area contributed by atoms with E-state index in [0.717, 1.165) is 25.7 Å². The van der Waals surface area contributed by atoms with E-state index in [9.17, 15) is 27.2 Å². The highest BCUT2D eigenvalue weighted by molar-refractivity contribution is 5.90. The molecule has 164 valence electrons. The van der Waals surface area contributed by atoms with Crippen molar-refractivity contribution >= 4 is 24.1 Å². The lowest BCUT2D eigenvalue weighted by Crippen LogP contribution is -2.45. The van der Waals surface area contributed by atoms with Gasteiger partial charge in [0.25, 0.3) is 0 Å². The molecular weight excluding hydrogens is 416 g/mol. The monoisotopic (exact) mass is 440 g/mol. The van der Waals surface area contributed by atoms with Crippen molar-refractivity contribution in [3.05, 3.63) is 29.3 Å². The summed E-state index contributed by atoms with van der Waals surface area (Å²) in [6, 6.07) is -0.874. The largest absolute Gasteiger partial charge is 0.479 e. The third kappa shape index (κ3) is 6.85. The van der Waals surface area contributed by atoms with Gasteiger partial charge in [-0.15, -0.1) is 12.4 Å². The van der Waals surface area contributed by atoms with Gasteiger partial charge in [-0.05, 0) is 38.6 Å². The maximum atomic E-state index is 13.7. The zero-order chi connectivity index (χ0) is 20.7. The van der Waals surface area contributed by atoms with Crippen LogP contribution >= 0.6 is 12.4 Å². The molecule has 0 spiro atoms. The molecular formula is C19H25ClF4N2O3. The van der Waals surface area contributed by atoms with E-state index in [2.05, 4.69) is 5.32 Å². The molecule has 0 aliphatic heterocycles. The Morgan fingerprint density at radius 3 is 2.24 bits per heavy atom. The first-order valence-electron chi connectivity index (χ1n) is 9.34. The fraction of sp³-hybridized carbons (Fsp3) is 0.579. The number of hydrogen-bond acceptors (Lipinski definition) is 4. The Bertz CT molecular complexity index is 689. The molecule has 0 unspecified atom stereocenters. The summed E-state index contributed by atoms with van der Waals surface area (Å²) in [6.45, 7) is -0.429. The van der Waals surface area contributed by atoms with Crippen LogP contribution in [0.5, 0.6) is 5.75 Å². The number of hydrogen-bond donors (Lipinski definition) is 2. The van der Waals surface area contributed by atoms with Crippen molar-refractivity contribution in [2.24, 2.45) is 11.7 Å². The van der Waals surface area contributed by atoms with Crippen molar-refractivity contribution in [1.29, 1.82) is 0 Å². The minimum absolute atomic E-state index is 0. The van der Waals surface area contributed by atoms with E-state index in [4.69, 9.17) is 10.5 Å².